The molecule has 1 N–H and O–H groups in total. The number of aromatic nitrogens is 1. The lowest BCUT2D eigenvalue weighted by molar-refractivity contribution is 1.02. The first-order chi connectivity index (χ1) is 10.2. The Labute approximate surface area is 133 Å². The number of pyridine rings is 1. The van der Waals surface area contributed by atoms with E-state index in [0.29, 0.717) is 10.2 Å². The lowest BCUT2D eigenvalue weighted by Crippen LogP contribution is -2.05. The highest BCUT2D eigenvalue weighted by molar-refractivity contribution is 6.36. The number of halogens is 2. The third-order valence-corrected chi connectivity index (χ3v) is 3.83. The minimum atomic E-state index is 0.442. The van der Waals surface area contributed by atoms with Gasteiger partial charge in [-0.3, -0.25) is 0 Å². The fourth-order valence-electron chi connectivity index (χ4n) is 2.31. The number of para-hydroxylation sites is 1. The van der Waals surface area contributed by atoms with Crippen LogP contribution in [0.15, 0.2) is 54.6 Å². The molecule has 0 aliphatic carbocycles. The van der Waals surface area contributed by atoms with Crippen molar-refractivity contribution in [1.29, 1.82) is 0 Å². The lowest BCUT2D eigenvalue weighted by Gasteiger charge is -2.11. The highest BCUT2D eigenvalue weighted by Gasteiger charge is 2.07. The number of nitrogens with one attached hydrogen (secondary N) is 1. The second-order valence-electron chi connectivity index (χ2n) is 4.79. The summed E-state index contributed by atoms with van der Waals surface area (Å²) in [5.74, 6) is 0. The van der Waals surface area contributed by atoms with Crippen molar-refractivity contribution in [3.05, 3.63) is 70.3 Å². The highest BCUT2D eigenvalue weighted by Crippen LogP contribution is 2.29. The Morgan fingerprint density at radius 2 is 1.76 bits per heavy atom. The van der Waals surface area contributed by atoms with Crippen LogP contribution < -0.4 is 5.32 Å². The van der Waals surface area contributed by atoms with Crippen LogP contribution in [0.4, 0.5) is 5.69 Å². The molecule has 1 aromatic heterocycles. The number of nitrogens with zero attached hydrogens (tertiary/aromatic N) is 1. The molecule has 0 bridgehead atoms. The van der Waals surface area contributed by atoms with Crippen LogP contribution in [0.25, 0.3) is 10.9 Å². The summed E-state index contributed by atoms with van der Waals surface area (Å²) in [5.41, 5.74) is 2.99. The summed E-state index contributed by atoms with van der Waals surface area (Å²) in [6, 6.07) is 17.9. The van der Waals surface area contributed by atoms with Crippen molar-refractivity contribution >= 4 is 39.8 Å². The smallest absolute Gasteiger partial charge is 0.131 e. The second-order valence-corrected chi connectivity index (χ2v) is 5.59. The Kier molecular flexibility index (Phi) is 4.28. The van der Waals surface area contributed by atoms with E-state index in [1.807, 2.05) is 42.5 Å². The molecule has 4 heteroatoms. The molecule has 0 fully saturated rings. The molecule has 0 saturated heterocycles. The van der Waals surface area contributed by atoms with Crippen LogP contribution >= 0.6 is 23.2 Å². The Hall–Kier alpha value is -1.77. The van der Waals surface area contributed by atoms with Crippen molar-refractivity contribution < 1.29 is 0 Å². The number of benzene rings is 2. The van der Waals surface area contributed by atoms with Gasteiger partial charge in [-0.15, -0.1) is 0 Å². The van der Waals surface area contributed by atoms with Crippen LogP contribution in [0.1, 0.15) is 5.56 Å². The van der Waals surface area contributed by atoms with Crippen molar-refractivity contribution in [2.45, 2.75) is 6.42 Å². The molecule has 2 nitrogen and oxygen atoms in total. The van der Waals surface area contributed by atoms with Gasteiger partial charge in [-0.25, -0.2) is 4.98 Å². The van der Waals surface area contributed by atoms with E-state index in [9.17, 15) is 0 Å². The van der Waals surface area contributed by atoms with Gasteiger partial charge in [0, 0.05) is 17.6 Å². The minimum Gasteiger partial charge on any atom is -0.384 e. The molecule has 0 aliphatic rings. The number of rotatable bonds is 4. The Morgan fingerprint density at radius 1 is 0.952 bits per heavy atom. The van der Waals surface area contributed by atoms with Crippen molar-refractivity contribution in [1.82, 2.24) is 4.98 Å². The first-order valence-corrected chi connectivity index (χ1v) is 7.52. The van der Waals surface area contributed by atoms with Gasteiger partial charge >= 0.3 is 0 Å². The van der Waals surface area contributed by atoms with E-state index in [1.54, 1.807) is 0 Å². The molecule has 0 aliphatic heterocycles. The van der Waals surface area contributed by atoms with Gasteiger partial charge in [0.2, 0.25) is 0 Å². The molecule has 0 radical (unpaired) electrons. The first kappa shape index (κ1) is 14.2. The third-order valence-electron chi connectivity index (χ3n) is 3.33. The highest BCUT2D eigenvalue weighted by atomic mass is 35.5. The quantitative estimate of drug-likeness (QED) is 0.669. The summed E-state index contributed by atoms with van der Waals surface area (Å²) in [5, 5.41) is 5.46. The molecule has 3 aromatic rings. The minimum absolute atomic E-state index is 0.442. The average Bonchev–Trinajstić information content (AvgIpc) is 2.49. The van der Waals surface area contributed by atoms with Crippen molar-refractivity contribution in [3.8, 4) is 0 Å². The van der Waals surface area contributed by atoms with E-state index in [-0.39, 0.29) is 0 Å². The zero-order valence-electron chi connectivity index (χ0n) is 11.3. The molecular formula is C17H14Cl2N2. The Bertz CT molecular complexity index is 757. The van der Waals surface area contributed by atoms with E-state index in [2.05, 4.69) is 22.4 Å². The summed E-state index contributed by atoms with van der Waals surface area (Å²) in [4.78, 5) is 4.30. The molecule has 0 saturated carbocycles. The number of hydrogen-bond acceptors (Lipinski definition) is 2. The van der Waals surface area contributed by atoms with E-state index in [1.165, 1.54) is 5.56 Å². The van der Waals surface area contributed by atoms with E-state index in [4.69, 9.17) is 23.2 Å². The van der Waals surface area contributed by atoms with Gasteiger partial charge in [0.1, 0.15) is 5.15 Å². The molecule has 21 heavy (non-hydrogen) atoms. The molecule has 3 rings (SSSR count). The fraction of sp³-hybridized carbons (Fsp3) is 0.118. The van der Waals surface area contributed by atoms with Gasteiger partial charge in [0.25, 0.3) is 0 Å². The van der Waals surface area contributed by atoms with Crippen LogP contribution in [0.5, 0.6) is 0 Å². The van der Waals surface area contributed by atoms with Crippen molar-refractivity contribution in [3.63, 3.8) is 0 Å². The molecular weight excluding hydrogens is 303 g/mol. The van der Waals surface area contributed by atoms with Crippen molar-refractivity contribution in [2.24, 2.45) is 0 Å². The normalized spacial score (nSPS) is 10.8. The largest absolute Gasteiger partial charge is 0.384 e. The molecule has 2 aromatic carbocycles. The predicted molar refractivity (Wildman–Crippen MR) is 90.4 cm³/mol. The SMILES string of the molecule is Clc1cc(NCCc2ccccc2)c2cccc(Cl)c2n1. The molecule has 0 amide bonds. The van der Waals surface area contributed by atoms with Crippen molar-refractivity contribution in [2.75, 3.05) is 11.9 Å². The van der Waals surface area contributed by atoms with E-state index < -0.39 is 0 Å². The molecule has 0 unspecified atom stereocenters. The lowest BCUT2D eigenvalue weighted by atomic mass is 10.1. The third kappa shape index (κ3) is 3.29. The van der Waals surface area contributed by atoms with Crippen LogP contribution in [0, 0.1) is 0 Å². The molecule has 0 spiro atoms. The fourth-order valence-corrected chi connectivity index (χ4v) is 2.73. The zero-order valence-corrected chi connectivity index (χ0v) is 12.8. The van der Waals surface area contributed by atoms with E-state index in [0.717, 1.165) is 29.6 Å². The standard InChI is InChI=1S/C17H14Cl2N2/c18-14-8-4-7-13-15(11-16(19)21-17(13)14)20-10-9-12-5-2-1-3-6-12/h1-8,11H,9-10H2,(H,20,21). The number of anilines is 1. The van der Waals surface area contributed by atoms with Crippen LogP contribution in [0.3, 0.4) is 0 Å². The summed E-state index contributed by atoms with van der Waals surface area (Å²) in [6.07, 6.45) is 0.947. The zero-order chi connectivity index (χ0) is 14.7. The summed E-state index contributed by atoms with van der Waals surface area (Å²) >= 11 is 12.3. The maximum Gasteiger partial charge on any atom is 0.131 e. The van der Waals surface area contributed by atoms with Gasteiger partial charge in [0.05, 0.1) is 10.5 Å². The molecule has 106 valence electrons. The van der Waals surface area contributed by atoms with Gasteiger partial charge in [-0.05, 0) is 24.1 Å². The van der Waals surface area contributed by atoms with Gasteiger partial charge in [-0.2, -0.15) is 0 Å². The van der Waals surface area contributed by atoms with Gasteiger partial charge in [-0.1, -0.05) is 65.7 Å². The van der Waals surface area contributed by atoms with Gasteiger partial charge in [0.15, 0.2) is 0 Å². The average molecular weight is 317 g/mol. The number of hydrogen-bond donors (Lipinski definition) is 1. The van der Waals surface area contributed by atoms with Crippen LogP contribution in [0.2, 0.25) is 10.2 Å². The van der Waals surface area contributed by atoms with E-state index >= 15 is 0 Å². The molecule has 0 atom stereocenters. The Balaban J connectivity index is 1.82. The predicted octanol–water partition coefficient (Wildman–Crippen LogP) is 5.20. The summed E-state index contributed by atoms with van der Waals surface area (Å²) in [7, 11) is 0. The van der Waals surface area contributed by atoms with Crippen LogP contribution in [-0.4, -0.2) is 11.5 Å². The van der Waals surface area contributed by atoms with Crippen LogP contribution in [-0.2, 0) is 6.42 Å². The second kappa shape index (κ2) is 6.33. The maximum absolute atomic E-state index is 6.18. The first-order valence-electron chi connectivity index (χ1n) is 6.76. The number of fused-ring (bicyclic) bond motifs is 1. The maximum atomic E-state index is 6.18. The van der Waals surface area contributed by atoms with Gasteiger partial charge < -0.3 is 5.32 Å². The monoisotopic (exact) mass is 316 g/mol. The Morgan fingerprint density at radius 3 is 2.57 bits per heavy atom. The summed E-state index contributed by atoms with van der Waals surface area (Å²) < 4.78 is 0. The molecule has 1 heterocycles. The summed E-state index contributed by atoms with van der Waals surface area (Å²) in [6.45, 7) is 0.825. The topological polar surface area (TPSA) is 24.9 Å².